The van der Waals surface area contributed by atoms with Crippen LogP contribution in [0.3, 0.4) is 0 Å². The highest BCUT2D eigenvalue weighted by Gasteiger charge is 2.32. The number of carbonyl (C=O) groups excluding carboxylic acids is 1. The van der Waals surface area contributed by atoms with E-state index >= 15 is 0 Å². The summed E-state index contributed by atoms with van der Waals surface area (Å²) in [6.07, 6.45) is 3.52. The van der Waals surface area contributed by atoms with Crippen LogP contribution in [0.15, 0.2) is 24.3 Å². The van der Waals surface area contributed by atoms with Gasteiger partial charge in [0.15, 0.2) is 5.78 Å². The second-order valence-corrected chi connectivity index (χ2v) is 5.79. The van der Waals surface area contributed by atoms with Gasteiger partial charge in [-0.15, -0.1) is 0 Å². The minimum atomic E-state index is 0.212. The van der Waals surface area contributed by atoms with Gasteiger partial charge in [-0.05, 0) is 42.7 Å². The summed E-state index contributed by atoms with van der Waals surface area (Å²) in [6.45, 7) is 6.50. The lowest BCUT2D eigenvalue weighted by Crippen LogP contribution is -2.13. The molecule has 1 fully saturated rings. The molecule has 2 rings (SSSR count). The molecular formula is C16H22O. The first-order chi connectivity index (χ1) is 8.08. The predicted molar refractivity (Wildman–Crippen MR) is 71.2 cm³/mol. The van der Waals surface area contributed by atoms with Gasteiger partial charge in [0.1, 0.15) is 0 Å². The summed E-state index contributed by atoms with van der Waals surface area (Å²) in [4.78, 5) is 12.3. The van der Waals surface area contributed by atoms with E-state index in [0.717, 1.165) is 12.0 Å². The Morgan fingerprint density at radius 3 is 2.59 bits per heavy atom. The standard InChI is InChI=1S/C16H22O/c1-11(2)9-13-5-4-6-15(10-13)16(17)12(3)14-7-8-14/h4-6,10-12,14H,7-9H2,1-3H3. The number of benzene rings is 1. The topological polar surface area (TPSA) is 17.1 Å². The van der Waals surface area contributed by atoms with Crippen LogP contribution in [0.1, 0.15) is 49.5 Å². The Morgan fingerprint density at radius 1 is 1.29 bits per heavy atom. The summed E-state index contributed by atoms with van der Waals surface area (Å²) >= 11 is 0. The minimum absolute atomic E-state index is 0.212. The molecule has 1 aromatic carbocycles. The van der Waals surface area contributed by atoms with Crippen LogP contribution in [0, 0.1) is 17.8 Å². The SMILES string of the molecule is CC(C)Cc1cccc(C(=O)C(C)C2CC2)c1. The number of carbonyl (C=O) groups is 1. The van der Waals surface area contributed by atoms with Gasteiger partial charge in [0.25, 0.3) is 0 Å². The van der Waals surface area contributed by atoms with Crippen LogP contribution in [0.2, 0.25) is 0 Å². The molecule has 17 heavy (non-hydrogen) atoms. The lowest BCUT2D eigenvalue weighted by molar-refractivity contribution is 0.0916. The zero-order valence-electron chi connectivity index (χ0n) is 11.1. The van der Waals surface area contributed by atoms with E-state index in [2.05, 4.69) is 32.9 Å². The van der Waals surface area contributed by atoms with Crippen LogP contribution in [0.4, 0.5) is 0 Å². The first-order valence-electron chi connectivity index (χ1n) is 6.71. The monoisotopic (exact) mass is 230 g/mol. The maximum Gasteiger partial charge on any atom is 0.165 e. The fraction of sp³-hybridized carbons (Fsp3) is 0.562. The Hall–Kier alpha value is -1.11. The largest absolute Gasteiger partial charge is 0.294 e. The Morgan fingerprint density at radius 2 is 2.00 bits per heavy atom. The van der Waals surface area contributed by atoms with Crippen LogP contribution < -0.4 is 0 Å². The normalized spacial score (nSPS) is 17.2. The molecule has 0 aromatic heterocycles. The lowest BCUT2D eigenvalue weighted by atomic mass is 9.93. The van der Waals surface area contributed by atoms with Gasteiger partial charge < -0.3 is 0 Å². The van der Waals surface area contributed by atoms with E-state index < -0.39 is 0 Å². The lowest BCUT2D eigenvalue weighted by Gasteiger charge is -2.11. The van der Waals surface area contributed by atoms with Crippen molar-refractivity contribution < 1.29 is 4.79 Å². The highest BCUT2D eigenvalue weighted by molar-refractivity contribution is 5.98. The van der Waals surface area contributed by atoms with E-state index in [1.807, 2.05) is 12.1 Å². The van der Waals surface area contributed by atoms with Crippen molar-refractivity contribution in [2.45, 2.75) is 40.0 Å². The summed E-state index contributed by atoms with van der Waals surface area (Å²) in [6, 6.07) is 8.19. The molecule has 1 unspecified atom stereocenters. The van der Waals surface area contributed by atoms with Gasteiger partial charge in [0.2, 0.25) is 0 Å². The van der Waals surface area contributed by atoms with Crippen LogP contribution in [0.25, 0.3) is 0 Å². The third-order valence-corrected chi connectivity index (χ3v) is 3.60. The fourth-order valence-corrected chi connectivity index (χ4v) is 2.40. The van der Waals surface area contributed by atoms with Crippen LogP contribution >= 0.6 is 0 Å². The van der Waals surface area contributed by atoms with Gasteiger partial charge in [-0.3, -0.25) is 4.79 Å². The molecule has 0 saturated heterocycles. The molecule has 1 atom stereocenters. The molecule has 1 aromatic rings. The third kappa shape index (κ3) is 3.18. The van der Waals surface area contributed by atoms with Crippen molar-refractivity contribution in [3.05, 3.63) is 35.4 Å². The zero-order valence-corrected chi connectivity index (χ0v) is 11.1. The van der Waals surface area contributed by atoms with E-state index in [9.17, 15) is 4.79 Å². The van der Waals surface area contributed by atoms with E-state index in [-0.39, 0.29) is 5.92 Å². The number of rotatable bonds is 5. The van der Waals surface area contributed by atoms with Crippen molar-refractivity contribution in [2.24, 2.45) is 17.8 Å². The highest BCUT2D eigenvalue weighted by atomic mass is 16.1. The van der Waals surface area contributed by atoms with Crippen molar-refractivity contribution in [3.8, 4) is 0 Å². The van der Waals surface area contributed by atoms with Crippen LogP contribution in [-0.2, 0) is 6.42 Å². The molecule has 0 N–H and O–H groups in total. The van der Waals surface area contributed by atoms with Crippen LogP contribution in [0.5, 0.6) is 0 Å². The van der Waals surface area contributed by atoms with Crippen molar-refractivity contribution in [2.75, 3.05) is 0 Å². The summed E-state index contributed by atoms with van der Waals surface area (Å²) in [5, 5.41) is 0. The summed E-state index contributed by atoms with van der Waals surface area (Å²) in [5.41, 5.74) is 2.19. The fourth-order valence-electron chi connectivity index (χ4n) is 2.40. The first-order valence-corrected chi connectivity index (χ1v) is 6.71. The third-order valence-electron chi connectivity index (χ3n) is 3.60. The molecular weight excluding hydrogens is 208 g/mol. The van der Waals surface area contributed by atoms with Gasteiger partial charge in [0, 0.05) is 11.5 Å². The second-order valence-electron chi connectivity index (χ2n) is 5.79. The minimum Gasteiger partial charge on any atom is -0.294 e. The maximum absolute atomic E-state index is 12.3. The molecule has 1 aliphatic rings. The molecule has 0 aliphatic heterocycles. The zero-order chi connectivity index (χ0) is 12.4. The van der Waals surface area contributed by atoms with Gasteiger partial charge >= 0.3 is 0 Å². The van der Waals surface area contributed by atoms with E-state index in [1.54, 1.807) is 0 Å². The van der Waals surface area contributed by atoms with E-state index in [0.29, 0.717) is 17.6 Å². The van der Waals surface area contributed by atoms with Gasteiger partial charge in [-0.1, -0.05) is 39.0 Å². The van der Waals surface area contributed by atoms with E-state index in [4.69, 9.17) is 0 Å². The number of hydrogen-bond donors (Lipinski definition) is 0. The van der Waals surface area contributed by atoms with Crippen molar-refractivity contribution >= 4 is 5.78 Å². The van der Waals surface area contributed by atoms with Crippen LogP contribution in [-0.4, -0.2) is 5.78 Å². The molecule has 0 bridgehead atoms. The van der Waals surface area contributed by atoms with Crippen molar-refractivity contribution in [1.29, 1.82) is 0 Å². The number of ketones is 1. The smallest absolute Gasteiger partial charge is 0.165 e. The van der Waals surface area contributed by atoms with Gasteiger partial charge in [-0.2, -0.15) is 0 Å². The second kappa shape index (κ2) is 5.03. The average molecular weight is 230 g/mol. The highest BCUT2D eigenvalue weighted by Crippen LogP contribution is 2.38. The molecule has 1 aliphatic carbocycles. The molecule has 92 valence electrons. The first kappa shape index (κ1) is 12.3. The quantitative estimate of drug-likeness (QED) is 0.696. The van der Waals surface area contributed by atoms with E-state index in [1.165, 1.54) is 18.4 Å². The van der Waals surface area contributed by atoms with Gasteiger partial charge in [0.05, 0.1) is 0 Å². The molecule has 0 heterocycles. The van der Waals surface area contributed by atoms with Crippen molar-refractivity contribution in [3.63, 3.8) is 0 Å². The molecule has 0 radical (unpaired) electrons. The Balaban J connectivity index is 2.11. The average Bonchev–Trinajstić information content (AvgIpc) is 3.10. The number of hydrogen-bond acceptors (Lipinski definition) is 1. The Kier molecular flexibility index (Phi) is 3.66. The molecule has 1 heteroatoms. The Bertz CT molecular complexity index is 402. The Labute approximate surface area is 104 Å². The van der Waals surface area contributed by atoms with Crippen molar-refractivity contribution in [1.82, 2.24) is 0 Å². The predicted octanol–water partition coefficient (Wildman–Crippen LogP) is 4.11. The maximum atomic E-state index is 12.3. The van der Waals surface area contributed by atoms with Gasteiger partial charge in [-0.25, -0.2) is 0 Å². The summed E-state index contributed by atoms with van der Waals surface area (Å²) in [5.74, 6) is 1.83. The summed E-state index contributed by atoms with van der Waals surface area (Å²) in [7, 11) is 0. The molecule has 0 spiro atoms. The molecule has 1 nitrogen and oxygen atoms in total. The molecule has 1 saturated carbocycles. The molecule has 0 amide bonds. The summed E-state index contributed by atoms with van der Waals surface area (Å²) < 4.78 is 0. The number of Topliss-reactive ketones (excluding diaryl/α,β-unsaturated/α-hetero) is 1.